The zero-order valence-electron chi connectivity index (χ0n) is 14.5. The number of aryl methyl sites for hydroxylation is 1. The van der Waals surface area contributed by atoms with Crippen LogP contribution in [0.15, 0.2) is 40.9 Å². The lowest BCUT2D eigenvalue weighted by Gasteiger charge is -2.25. The third-order valence-corrected chi connectivity index (χ3v) is 4.23. The van der Waals surface area contributed by atoms with Crippen molar-refractivity contribution < 1.29 is 19.4 Å². The normalized spacial score (nSPS) is 11.3. The van der Waals surface area contributed by atoms with Crippen LogP contribution in [0, 0.1) is 11.3 Å². The molecule has 0 bridgehead atoms. The Morgan fingerprint density at radius 3 is 2.52 bits per heavy atom. The molecule has 140 valence electrons. The molecule has 0 aromatic heterocycles. The van der Waals surface area contributed by atoms with Crippen LogP contribution in [0.25, 0.3) is 0 Å². The van der Waals surface area contributed by atoms with Crippen molar-refractivity contribution in [3.05, 3.63) is 57.6 Å². The quantitative estimate of drug-likeness (QED) is 0.654. The van der Waals surface area contributed by atoms with Gasteiger partial charge in [0.25, 0.3) is 5.91 Å². The molecule has 0 aliphatic heterocycles. The number of nitrogens with two attached hydrogens (primary N) is 1. The van der Waals surface area contributed by atoms with Crippen LogP contribution in [0.5, 0.6) is 5.75 Å². The number of rotatable bonds is 8. The Bertz CT molecular complexity index is 891. The van der Waals surface area contributed by atoms with Gasteiger partial charge in [-0.3, -0.25) is 4.79 Å². The van der Waals surface area contributed by atoms with Gasteiger partial charge in [0, 0.05) is 15.7 Å². The van der Waals surface area contributed by atoms with Crippen LogP contribution in [-0.2, 0) is 16.0 Å². The molecule has 0 radical (unpaired) electrons. The van der Waals surface area contributed by atoms with Crippen molar-refractivity contribution in [1.82, 2.24) is 0 Å². The average molecular weight is 431 g/mol. The van der Waals surface area contributed by atoms with Crippen LogP contribution in [0.2, 0.25) is 0 Å². The molecule has 1 unspecified atom stereocenters. The molecule has 2 aromatic rings. The van der Waals surface area contributed by atoms with E-state index in [-0.39, 0.29) is 12.4 Å². The second-order valence-electron chi connectivity index (χ2n) is 5.68. The lowest BCUT2D eigenvalue weighted by Crippen LogP contribution is -2.35. The van der Waals surface area contributed by atoms with E-state index in [2.05, 4.69) is 21.2 Å². The van der Waals surface area contributed by atoms with Gasteiger partial charge in [0.15, 0.2) is 6.61 Å². The van der Waals surface area contributed by atoms with E-state index < -0.39 is 17.9 Å². The fourth-order valence-corrected chi connectivity index (χ4v) is 3.06. The third-order valence-electron chi connectivity index (χ3n) is 3.77. The lowest BCUT2D eigenvalue weighted by atomic mass is 10.00. The summed E-state index contributed by atoms with van der Waals surface area (Å²) >= 11 is 3.37. The van der Waals surface area contributed by atoms with Gasteiger partial charge in [-0.2, -0.15) is 5.26 Å². The highest BCUT2D eigenvalue weighted by Crippen LogP contribution is 2.35. The van der Waals surface area contributed by atoms with E-state index in [1.807, 2.05) is 13.0 Å². The van der Waals surface area contributed by atoms with E-state index in [4.69, 9.17) is 15.7 Å². The topological polar surface area (TPSA) is 128 Å². The number of aliphatic carboxylic acids is 1. The van der Waals surface area contributed by atoms with Crippen molar-refractivity contribution in [3.8, 4) is 11.8 Å². The molecule has 27 heavy (non-hydrogen) atoms. The average Bonchev–Trinajstić information content (AvgIpc) is 2.64. The van der Waals surface area contributed by atoms with Gasteiger partial charge in [0.05, 0.1) is 23.6 Å². The molecule has 0 aliphatic carbocycles. The zero-order valence-corrected chi connectivity index (χ0v) is 16.1. The lowest BCUT2D eigenvalue weighted by molar-refractivity contribution is -0.307. The molecule has 0 saturated carbocycles. The maximum Gasteiger partial charge on any atom is 0.255 e. The number of carboxylic acid groups (broad SMARTS) is 1. The van der Waals surface area contributed by atoms with Gasteiger partial charge in [-0.25, -0.2) is 0 Å². The molecule has 1 amide bonds. The van der Waals surface area contributed by atoms with Gasteiger partial charge in [0.1, 0.15) is 5.75 Å². The number of benzene rings is 2. The first-order valence-corrected chi connectivity index (χ1v) is 8.86. The first-order chi connectivity index (χ1) is 12.8. The third kappa shape index (κ3) is 5.21. The fourth-order valence-electron chi connectivity index (χ4n) is 2.54. The summed E-state index contributed by atoms with van der Waals surface area (Å²) in [7, 11) is 0. The zero-order chi connectivity index (χ0) is 20.0. The number of nitrogens with zero attached hydrogens (tertiary/aromatic N) is 1. The van der Waals surface area contributed by atoms with Gasteiger partial charge in [-0.1, -0.05) is 22.9 Å². The Labute approximate surface area is 164 Å². The maximum atomic E-state index is 11.8. The summed E-state index contributed by atoms with van der Waals surface area (Å²) in [6, 6.07) is 10.4. The van der Waals surface area contributed by atoms with Crippen molar-refractivity contribution in [2.45, 2.75) is 19.4 Å². The van der Waals surface area contributed by atoms with Gasteiger partial charge in [0.2, 0.25) is 0 Å². The van der Waals surface area contributed by atoms with Gasteiger partial charge in [-0.05, 0) is 48.4 Å². The summed E-state index contributed by atoms with van der Waals surface area (Å²) in [6.45, 7) is 1.50. The summed E-state index contributed by atoms with van der Waals surface area (Å²) < 4.78 is 6.17. The summed E-state index contributed by atoms with van der Waals surface area (Å²) in [5.74, 6) is -1.77. The highest BCUT2D eigenvalue weighted by molar-refractivity contribution is 9.10. The Balaban J connectivity index is 2.47. The number of nitriles is 1. The molecule has 0 spiro atoms. The minimum Gasteiger partial charge on any atom is -0.548 e. The number of amides is 1. The minimum atomic E-state index is -1.37. The number of carbonyl (C=O) groups excluding carboxylic acids is 2. The van der Waals surface area contributed by atoms with E-state index in [9.17, 15) is 14.7 Å². The van der Waals surface area contributed by atoms with E-state index in [0.29, 0.717) is 33.3 Å². The molecule has 1 atom stereocenters. The molecular weight excluding hydrogens is 414 g/mol. The molecule has 2 rings (SSSR count). The van der Waals surface area contributed by atoms with Crippen molar-refractivity contribution in [1.29, 1.82) is 5.26 Å². The Morgan fingerprint density at radius 2 is 2.00 bits per heavy atom. The smallest absolute Gasteiger partial charge is 0.255 e. The SMILES string of the molecule is CCc1cc(Br)cc(C(Nc2ccc(C#N)cc2)C(=O)[O-])c1OCC(N)=O. The van der Waals surface area contributed by atoms with Crippen LogP contribution < -0.4 is 20.9 Å². The van der Waals surface area contributed by atoms with E-state index >= 15 is 0 Å². The van der Waals surface area contributed by atoms with Gasteiger partial charge < -0.3 is 25.7 Å². The van der Waals surface area contributed by atoms with Crippen molar-refractivity contribution >= 4 is 33.5 Å². The molecule has 2 aromatic carbocycles. The van der Waals surface area contributed by atoms with E-state index in [1.165, 1.54) is 0 Å². The Morgan fingerprint density at radius 1 is 1.33 bits per heavy atom. The van der Waals surface area contributed by atoms with Crippen LogP contribution >= 0.6 is 15.9 Å². The second-order valence-corrected chi connectivity index (χ2v) is 6.59. The first-order valence-electron chi connectivity index (χ1n) is 8.06. The highest BCUT2D eigenvalue weighted by atomic mass is 79.9. The molecule has 8 heteroatoms. The van der Waals surface area contributed by atoms with Gasteiger partial charge in [-0.15, -0.1) is 0 Å². The number of carbonyl (C=O) groups is 2. The number of primary amides is 1. The summed E-state index contributed by atoms with van der Waals surface area (Å²) in [5.41, 5.74) is 7.11. The molecule has 3 N–H and O–H groups in total. The second kappa shape index (κ2) is 9.05. The predicted molar refractivity (Wildman–Crippen MR) is 101 cm³/mol. The number of carboxylic acids is 1. The number of ether oxygens (including phenoxy) is 1. The molecule has 7 nitrogen and oxygen atoms in total. The number of hydrogen-bond acceptors (Lipinski definition) is 6. The highest BCUT2D eigenvalue weighted by Gasteiger charge is 2.21. The Hall–Kier alpha value is -3.05. The number of anilines is 1. The van der Waals surface area contributed by atoms with Gasteiger partial charge >= 0.3 is 0 Å². The predicted octanol–water partition coefficient (Wildman–Crippen LogP) is 1.65. The van der Waals surface area contributed by atoms with E-state index in [0.717, 1.165) is 0 Å². The maximum absolute atomic E-state index is 11.8. The van der Waals surface area contributed by atoms with Crippen molar-refractivity contribution in [2.75, 3.05) is 11.9 Å². The number of nitrogens with one attached hydrogen (secondary N) is 1. The summed E-state index contributed by atoms with van der Waals surface area (Å²) in [4.78, 5) is 23.0. The molecule has 0 saturated heterocycles. The molecule has 0 aliphatic rings. The number of halogens is 1. The van der Waals surface area contributed by atoms with Crippen molar-refractivity contribution in [3.63, 3.8) is 0 Å². The molecular formula is C19H17BrN3O4-. The van der Waals surface area contributed by atoms with Crippen molar-refractivity contribution in [2.24, 2.45) is 5.73 Å². The molecule has 0 fully saturated rings. The largest absolute Gasteiger partial charge is 0.548 e. The van der Waals surface area contributed by atoms with Crippen LogP contribution in [-0.4, -0.2) is 18.5 Å². The Kier molecular flexibility index (Phi) is 6.79. The molecule has 0 heterocycles. The fraction of sp³-hybridized carbons (Fsp3) is 0.211. The van der Waals surface area contributed by atoms with Crippen LogP contribution in [0.1, 0.15) is 29.7 Å². The van der Waals surface area contributed by atoms with E-state index in [1.54, 1.807) is 36.4 Å². The summed E-state index contributed by atoms with van der Waals surface area (Å²) in [5, 5.41) is 23.6. The summed E-state index contributed by atoms with van der Waals surface area (Å²) in [6.07, 6.45) is 0.553. The first kappa shape index (κ1) is 20.3. The standard InChI is InChI=1S/C19H18BrN3O4/c1-2-12-7-13(20)8-15(18(12)27-10-16(22)24)17(19(25)26)23-14-5-3-11(9-21)4-6-14/h3-8,17,23H,2,10H2,1H3,(H2,22,24)(H,25,26)/p-1. The minimum absolute atomic E-state index is 0.273. The monoisotopic (exact) mass is 430 g/mol. The van der Waals surface area contributed by atoms with Crippen LogP contribution in [0.3, 0.4) is 0 Å². The number of hydrogen-bond donors (Lipinski definition) is 2. The van der Waals surface area contributed by atoms with Crippen LogP contribution in [0.4, 0.5) is 5.69 Å².